The first-order valence-electron chi connectivity index (χ1n) is 9.69. The molecule has 0 atom stereocenters. The molecule has 0 radical (unpaired) electrons. The van der Waals surface area contributed by atoms with Crippen molar-refractivity contribution < 1.29 is 17.9 Å². The van der Waals surface area contributed by atoms with Crippen LogP contribution in [-0.4, -0.2) is 50.6 Å². The molecule has 0 unspecified atom stereocenters. The first-order chi connectivity index (χ1) is 14.1. The van der Waals surface area contributed by atoms with E-state index in [9.17, 15) is 8.42 Å². The summed E-state index contributed by atoms with van der Waals surface area (Å²) in [4.78, 5) is 2.63. The molecule has 1 saturated heterocycles. The van der Waals surface area contributed by atoms with Crippen molar-refractivity contribution in [3.63, 3.8) is 0 Å². The van der Waals surface area contributed by atoms with Crippen molar-refractivity contribution in [1.29, 1.82) is 0 Å². The van der Waals surface area contributed by atoms with E-state index in [-0.39, 0.29) is 6.79 Å². The molecular formula is C22H22N2O4S. The van der Waals surface area contributed by atoms with Crippen LogP contribution in [0.5, 0.6) is 11.5 Å². The molecule has 0 N–H and O–H groups in total. The van der Waals surface area contributed by atoms with Crippen molar-refractivity contribution in [2.75, 3.05) is 33.0 Å². The topological polar surface area (TPSA) is 59.1 Å². The second-order valence-corrected chi connectivity index (χ2v) is 9.31. The zero-order valence-electron chi connectivity index (χ0n) is 16.0. The van der Waals surface area contributed by atoms with Gasteiger partial charge in [0.05, 0.1) is 4.90 Å². The number of benzene rings is 3. The van der Waals surface area contributed by atoms with Crippen molar-refractivity contribution >= 4 is 20.8 Å². The molecule has 0 aromatic heterocycles. The van der Waals surface area contributed by atoms with E-state index in [4.69, 9.17) is 9.47 Å². The van der Waals surface area contributed by atoms with Gasteiger partial charge in [-0.25, -0.2) is 8.42 Å². The molecule has 150 valence electrons. The number of hydrogen-bond donors (Lipinski definition) is 0. The van der Waals surface area contributed by atoms with Crippen LogP contribution in [0.25, 0.3) is 10.8 Å². The summed E-state index contributed by atoms with van der Waals surface area (Å²) in [6.45, 7) is 3.40. The lowest BCUT2D eigenvalue weighted by Crippen LogP contribution is -2.48. The second kappa shape index (κ2) is 7.33. The van der Waals surface area contributed by atoms with Crippen LogP contribution in [0.1, 0.15) is 5.56 Å². The fraction of sp³-hybridized carbons (Fsp3) is 0.273. The molecule has 0 amide bonds. The molecule has 29 heavy (non-hydrogen) atoms. The molecule has 7 heteroatoms. The number of ether oxygens (including phenoxy) is 2. The minimum Gasteiger partial charge on any atom is -0.454 e. The highest BCUT2D eigenvalue weighted by Gasteiger charge is 2.28. The van der Waals surface area contributed by atoms with Gasteiger partial charge in [0, 0.05) is 32.7 Å². The van der Waals surface area contributed by atoms with Gasteiger partial charge >= 0.3 is 0 Å². The maximum absolute atomic E-state index is 13.1. The van der Waals surface area contributed by atoms with Crippen LogP contribution in [0.4, 0.5) is 0 Å². The van der Waals surface area contributed by atoms with Crippen molar-refractivity contribution in [3.8, 4) is 11.5 Å². The summed E-state index contributed by atoms with van der Waals surface area (Å²) in [5.41, 5.74) is 1.14. The van der Waals surface area contributed by atoms with Gasteiger partial charge in [0.2, 0.25) is 16.8 Å². The summed E-state index contributed by atoms with van der Waals surface area (Å²) in [7, 11) is -3.49. The van der Waals surface area contributed by atoms with Crippen LogP contribution < -0.4 is 9.47 Å². The smallest absolute Gasteiger partial charge is 0.243 e. The largest absolute Gasteiger partial charge is 0.454 e. The molecule has 0 saturated carbocycles. The van der Waals surface area contributed by atoms with E-state index in [0.29, 0.717) is 31.1 Å². The summed E-state index contributed by atoms with van der Waals surface area (Å²) in [5.74, 6) is 1.56. The van der Waals surface area contributed by atoms with E-state index in [1.165, 1.54) is 0 Å². The van der Waals surface area contributed by atoms with Crippen LogP contribution >= 0.6 is 0 Å². The van der Waals surface area contributed by atoms with E-state index in [1.54, 1.807) is 16.4 Å². The third-order valence-corrected chi connectivity index (χ3v) is 7.43. The average Bonchev–Trinajstić information content (AvgIpc) is 3.22. The Bertz CT molecular complexity index is 1150. The Balaban J connectivity index is 1.26. The summed E-state index contributed by atoms with van der Waals surface area (Å²) < 4.78 is 38.6. The minimum atomic E-state index is -3.49. The Labute approximate surface area is 170 Å². The number of piperazine rings is 1. The SMILES string of the molecule is O=S(=O)(c1ccc2ccccc2c1)N1CCN(Cc2ccc3c(c2)OCO3)CC1. The first kappa shape index (κ1) is 18.4. The van der Waals surface area contributed by atoms with Crippen molar-refractivity contribution in [2.24, 2.45) is 0 Å². The Hall–Kier alpha value is -2.61. The molecule has 2 aliphatic heterocycles. The molecule has 1 fully saturated rings. The lowest BCUT2D eigenvalue weighted by Gasteiger charge is -2.34. The number of sulfonamides is 1. The first-order valence-corrected chi connectivity index (χ1v) is 11.1. The zero-order valence-corrected chi connectivity index (χ0v) is 16.8. The van der Waals surface area contributed by atoms with E-state index in [0.717, 1.165) is 34.4 Å². The van der Waals surface area contributed by atoms with Gasteiger partial charge in [-0.1, -0.05) is 36.4 Å². The van der Waals surface area contributed by atoms with Crippen molar-refractivity contribution in [2.45, 2.75) is 11.4 Å². The zero-order chi connectivity index (χ0) is 19.8. The lowest BCUT2D eigenvalue weighted by atomic mass is 10.1. The van der Waals surface area contributed by atoms with Gasteiger partial charge < -0.3 is 9.47 Å². The monoisotopic (exact) mass is 410 g/mol. The van der Waals surface area contributed by atoms with Gasteiger partial charge in [0.15, 0.2) is 11.5 Å². The van der Waals surface area contributed by atoms with Crippen LogP contribution in [0.15, 0.2) is 65.6 Å². The Morgan fingerprint density at radius 1 is 0.793 bits per heavy atom. The normalized spacial score (nSPS) is 17.7. The van der Waals surface area contributed by atoms with Gasteiger partial charge in [0.1, 0.15) is 0 Å². The van der Waals surface area contributed by atoms with Crippen LogP contribution in [0, 0.1) is 0 Å². The van der Waals surface area contributed by atoms with Crippen LogP contribution in [0.2, 0.25) is 0 Å². The van der Waals surface area contributed by atoms with Gasteiger partial charge in [0.25, 0.3) is 0 Å². The van der Waals surface area contributed by atoms with Crippen LogP contribution in [0.3, 0.4) is 0 Å². The molecule has 0 spiro atoms. The third kappa shape index (κ3) is 3.57. The number of rotatable bonds is 4. The Morgan fingerprint density at radius 3 is 2.38 bits per heavy atom. The Morgan fingerprint density at radius 2 is 1.55 bits per heavy atom. The van der Waals surface area contributed by atoms with Gasteiger partial charge in [-0.2, -0.15) is 4.31 Å². The predicted molar refractivity (Wildman–Crippen MR) is 111 cm³/mol. The van der Waals surface area contributed by atoms with Gasteiger partial charge in [-0.15, -0.1) is 0 Å². The van der Waals surface area contributed by atoms with E-state index < -0.39 is 10.0 Å². The molecule has 0 aliphatic carbocycles. The lowest BCUT2D eigenvalue weighted by molar-refractivity contribution is 0.173. The number of nitrogens with zero attached hydrogens (tertiary/aromatic N) is 2. The van der Waals surface area contributed by atoms with Crippen molar-refractivity contribution in [3.05, 3.63) is 66.2 Å². The highest BCUT2D eigenvalue weighted by Crippen LogP contribution is 2.33. The Kier molecular flexibility index (Phi) is 4.66. The maximum atomic E-state index is 13.1. The molecule has 0 bridgehead atoms. The van der Waals surface area contributed by atoms with E-state index in [2.05, 4.69) is 4.90 Å². The quantitative estimate of drug-likeness (QED) is 0.662. The predicted octanol–water partition coefficient (Wildman–Crippen LogP) is 3.08. The van der Waals surface area contributed by atoms with Gasteiger partial charge in [-0.05, 0) is 40.6 Å². The summed E-state index contributed by atoms with van der Waals surface area (Å²) in [6.07, 6.45) is 0. The molecule has 2 aliphatic rings. The minimum absolute atomic E-state index is 0.268. The molecule has 3 aromatic rings. The molecule has 5 rings (SSSR count). The van der Waals surface area contributed by atoms with Gasteiger partial charge in [-0.3, -0.25) is 4.90 Å². The number of hydrogen-bond acceptors (Lipinski definition) is 5. The van der Waals surface area contributed by atoms with E-state index >= 15 is 0 Å². The highest BCUT2D eigenvalue weighted by atomic mass is 32.2. The molecular weight excluding hydrogens is 388 g/mol. The molecule has 3 aromatic carbocycles. The summed E-state index contributed by atoms with van der Waals surface area (Å²) >= 11 is 0. The molecule has 2 heterocycles. The standard InChI is InChI=1S/C22H22N2O4S/c25-29(26,20-7-6-18-3-1-2-4-19(18)14-20)24-11-9-23(10-12-24)15-17-5-8-21-22(13-17)28-16-27-21/h1-8,13-14H,9-12,15-16H2. The third-order valence-electron chi connectivity index (χ3n) is 5.53. The average molecular weight is 410 g/mol. The highest BCUT2D eigenvalue weighted by molar-refractivity contribution is 7.89. The fourth-order valence-electron chi connectivity index (χ4n) is 3.90. The van der Waals surface area contributed by atoms with Crippen molar-refractivity contribution in [1.82, 2.24) is 9.21 Å². The summed E-state index contributed by atoms with van der Waals surface area (Å²) in [5, 5.41) is 1.98. The molecule has 6 nitrogen and oxygen atoms in total. The second-order valence-electron chi connectivity index (χ2n) is 7.38. The van der Waals surface area contributed by atoms with Crippen LogP contribution in [-0.2, 0) is 16.6 Å². The van der Waals surface area contributed by atoms with E-state index in [1.807, 2.05) is 48.5 Å². The number of fused-ring (bicyclic) bond motifs is 2. The fourth-order valence-corrected chi connectivity index (χ4v) is 5.36. The maximum Gasteiger partial charge on any atom is 0.243 e. The summed E-state index contributed by atoms with van der Waals surface area (Å²) in [6, 6.07) is 19.1.